The lowest BCUT2D eigenvalue weighted by atomic mass is 9.88. The quantitative estimate of drug-likeness (QED) is 0.190. The second-order valence-electron chi connectivity index (χ2n) is 12.9. The number of fused-ring (bicyclic) bond motifs is 8. The van der Waals surface area contributed by atoms with Crippen LogP contribution in [0.1, 0.15) is 0 Å². The second kappa shape index (κ2) is 10.5. The average Bonchev–Trinajstić information content (AvgIpc) is 3.55. The zero-order valence-corrected chi connectivity index (χ0v) is 27.5. The van der Waals surface area contributed by atoms with E-state index in [1.807, 2.05) is 11.3 Å². The van der Waals surface area contributed by atoms with Crippen molar-refractivity contribution >= 4 is 81.1 Å². The third-order valence-corrected chi connectivity index (χ3v) is 11.2. The number of aromatic nitrogens is 3. The topological polar surface area (TPSA) is 41.9 Å². The van der Waals surface area contributed by atoms with Crippen LogP contribution in [0.3, 0.4) is 0 Å². The van der Waals surface area contributed by atoms with Crippen LogP contribution in [0.15, 0.2) is 158 Å². The highest BCUT2D eigenvalue weighted by Gasteiger charge is 2.30. The number of nitrogens with zero attached hydrogens (tertiary/aromatic N) is 4. The number of hydrogen-bond acceptors (Lipinski definition) is 5. The van der Waals surface area contributed by atoms with E-state index >= 15 is 0 Å². The lowest BCUT2D eigenvalue weighted by molar-refractivity contribution is 1.02. The third kappa shape index (κ3) is 4.08. The molecule has 0 bridgehead atoms. The van der Waals surface area contributed by atoms with Crippen LogP contribution in [0.4, 0.5) is 17.3 Å². The summed E-state index contributed by atoms with van der Waals surface area (Å²) in [4.78, 5) is 18.1. The van der Waals surface area contributed by atoms with Crippen molar-refractivity contribution in [2.45, 2.75) is 0 Å². The molecule has 1 aliphatic heterocycles. The van der Waals surface area contributed by atoms with E-state index in [4.69, 9.17) is 15.0 Å². The van der Waals surface area contributed by atoms with E-state index in [0.29, 0.717) is 17.6 Å². The van der Waals surface area contributed by atoms with Crippen LogP contribution >= 0.6 is 11.3 Å². The normalized spacial score (nSPS) is 12.4. The maximum atomic E-state index is 5.33. The van der Waals surface area contributed by atoms with Gasteiger partial charge in [-0.1, -0.05) is 115 Å². The second-order valence-corrected chi connectivity index (χ2v) is 13.9. The van der Waals surface area contributed by atoms with E-state index in [1.54, 1.807) is 0 Å². The van der Waals surface area contributed by atoms with Crippen molar-refractivity contribution in [1.29, 1.82) is 0 Å². The lowest BCUT2D eigenvalue weighted by Crippen LogP contribution is -2.19. The van der Waals surface area contributed by atoms with Gasteiger partial charge in [-0.25, -0.2) is 4.98 Å². The summed E-state index contributed by atoms with van der Waals surface area (Å²) in [6.45, 7) is 0. The molecular weight excluding hydrogens is 629 g/mol. The first-order chi connectivity index (χ1) is 24.8. The van der Waals surface area contributed by atoms with E-state index in [2.05, 4.69) is 163 Å². The molecule has 0 amide bonds. The molecule has 0 atom stereocenters. The maximum Gasteiger partial charge on any atom is 0.238 e. The fourth-order valence-electron chi connectivity index (χ4n) is 7.71. The molecule has 3 heterocycles. The van der Waals surface area contributed by atoms with Gasteiger partial charge in [0.25, 0.3) is 0 Å². The highest BCUT2D eigenvalue weighted by Crippen LogP contribution is 2.52. The Kier molecular flexibility index (Phi) is 5.80. The molecule has 8 aromatic carbocycles. The van der Waals surface area contributed by atoms with Crippen molar-refractivity contribution in [3.8, 4) is 33.9 Å². The SMILES string of the molecule is c1ccc2cc(-c3nc(-c4ccc5sc6ccccc6c5c4)nc(N4c5ccc6ccccc6c5-c5cccc6cccc4c56)n3)ccc2c1. The molecule has 232 valence electrons. The minimum atomic E-state index is 0.590. The van der Waals surface area contributed by atoms with Gasteiger partial charge >= 0.3 is 0 Å². The summed E-state index contributed by atoms with van der Waals surface area (Å²) in [5.41, 5.74) is 6.43. The largest absolute Gasteiger partial charge is 0.278 e. The molecule has 0 N–H and O–H groups in total. The summed E-state index contributed by atoms with van der Waals surface area (Å²) in [5, 5.41) is 9.57. The molecule has 2 aromatic heterocycles. The van der Waals surface area contributed by atoms with Gasteiger partial charge in [0.1, 0.15) is 0 Å². The van der Waals surface area contributed by atoms with Crippen molar-refractivity contribution in [3.05, 3.63) is 158 Å². The summed E-state index contributed by atoms with van der Waals surface area (Å²) >= 11 is 1.81. The first-order valence-electron chi connectivity index (χ1n) is 16.8. The Hall–Kier alpha value is -6.43. The number of thiophene rings is 1. The molecule has 50 heavy (non-hydrogen) atoms. The molecule has 0 saturated heterocycles. The maximum absolute atomic E-state index is 5.33. The van der Waals surface area contributed by atoms with Gasteiger partial charge in [-0.2, -0.15) is 9.97 Å². The fraction of sp³-hybridized carbons (Fsp3) is 0. The van der Waals surface area contributed by atoms with Crippen LogP contribution < -0.4 is 4.90 Å². The predicted molar refractivity (Wildman–Crippen MR) is 210 cm³/mol. The minimum Gasteiger partial charge on any atom is -0.278 e. The Morgan fingerprint density at radius 3 is 1.96 bits per heavy atom. The van der Waals surface area contributed by atoms with E-state index in [1.165, 1.54) is 58.2 Å². The van der Waals surface area contributed by atoms with Gasteiger partial charge in [0.2, 0.25) is 5.95 Å². The summed E-state index contributed by atoms with van der Waals surface area (Å²) in [7, 11) is 0. The van der Waals surface area contributed by atoms with Crippen LogP contribution in [-0.4, -0.2) is 15.0 Å². The number of benzene rings is 8. The van der Waals surface area contributed by atoms with Gasteiger partial charge in [-0.05, 0) is 75.0 Å². The molecule has 4 nitrogen and oxygen atoms in total. The Morgan fingerprint density at radius 1 is 0.420 bits per heavy atom. The Balaban J connectivity index is 1.21. The zero-order valence-electron chi connectivity index (χ0n) is 26.7. The van der Waals surface area contributed by atoms with Crippen molar-refractivity contribution < 1.29 is 0 Å². The number of hydrogen-bond donors (Lipinski definition) is 0. The number of anilines is 3. The Labute approximate surface area is 291 Å². The van der Waals surface area contributed by atoms with Crippen LogP contribution in [0.5, 0.6) is 0 Å². The number of rotatable bonds is 3. The van der Waals surface area contributed by atoms with Crippen LogP contribution in [0.25, 0.3) is 86.4 Å². The summed E-state index contributed by atoms with van der Waals surface area (Å²) in [6.07, 6.45) is 0. The summed E-state index contributed by atoms with van der Waals surface area (Å²) in [5.74, 6) is 1.87. The molecule has 0 radical (unpaired) electrons. The standard InChI is InChI=1S/C45H26N4S/c1-2-11-30-25-31(20-19-27(30)9-1)43-46-44(32-22-24-40-36(26-32)34-15-5-6-18-39(34)50-40)48-45(47-43)49-37-17-8-13-29-12-7-16-35(41(29)37)42-33-14-4-3-10-28(33)21-23-38(42)49/h1-26H. The van der Waals surface area contributed by atoms with Crippen molar-refractivity contribution in [2.75, 3.05) is 4.90 Å². The van der Waals surface area contributed by atoms with Gasteiger partial charge in [-0.3, -0.25) is 4.90 Å². The fourth-order valence-corrected chi connectivity index (χ4v) is 8.79. The van der Waals surface area contributed by atoms with Crippen molar-refractivity contribution in [1.82, 2.24) is 15.0 Å². The predicted octanol–water partition coefficient (Wildman–Crippen LogP) is 12.5. The molecule has 0 unspecified atom stereocenters. The van der Waals surface area contributed by atoms with E-state index in [9.17, 15) is 0 Å². The first-order valence-corrected chi connectivity index (χ1v) is 17.6. The molecule has 5 heteroatoms. The van der Waals surface area contributed by atoms with Gasteiger partial charge in [0.15, 0.2) is 11.6 Å². The van der Waals surface area contributed by atoms with E-state index in [-0.39, 0.29) is 0 Å². The van der Waals surface area contributed by atoms with E-state index in [0.717, 1.165) is 27.9 Å². The van der Waals surface area contributed by atoms with Crippen molar-refractivity contribution in [2.24, 2.45) is 0 Å². The molecule has 1 aliphatic rings. The molecule has 0 aliphatic carbocycles. The lowest BCUT2D eigenvalue weighted by Gasteiger charge is -2.32. The minimum absolute atomic E-state index is 0.590. The summed E-state index contributed by atoms with van der Waals surface area (Å²) in [6, 6.07) is 56.2. The molecule has 0 fully saturated rings. The van der Waals surface area contributed by atoms with Crippen LogP contribution in [-0.2, 0) is 0 Å². The first kappa shape index (κ1) is 27.5. The molecular formula is C45H26N4S. The molecule has 0 spiro atoms. The molecule has 11 rings (SSSR count). The molecule has 0 saturated carbocycles. The van der Waals surface area contributed by atoms with E-state index < -0.39 is 0 Å². The van der Waals surface area contributed by atoms with Gasteiger partial charge in [0, 0.05) is 42.2 Å². The molecule has 10 aromatic rings. The highest BCUT2D eigenvalue weighted by molar-refractivity contribution is 7.25. The third-order valence-electron chi connectivity index (χ3n) is 10.0. The van der Waals surface area contributed by atoms with Crippen LogP contribution in [0, 0.1) is 0 Å². The zero-order chi connectivity index (χ0) is 32.8. The smallest absolute Gasteiger partial charge is 0.238 e. The van der Waals surface area contributed by atoms with Crippen molar-refractivity contribution in [3.63, 3.8) is 0 Å². The highest BCUT2D eigenvalue weighted by atomic mass is 32.1. The monoisotopic (exact) mass is 654 g/mol. The Bertz CT molecular complexity index is 3010. The van der Waals surface area contributed by atoms with Gasteiger partial charge in [0.05, 0.1) is 11.4 Å². The summed E-state index contributed by atoms with van der Waals surface area (Å²) < 4.78 is 2.52. The van der Waals surface area contributed by atoms with Gasteiger partial charge in [-0.15, -0.1) is 11.3 Å². The van der Waals surface area contributed by atoms with Gasteiger partial charge < -0.3 is 0 Å². The average molecular weight is 655 g/mol. The van der Waals surface area contributed by atoms with Crippen LogP contribution in [0.2, 0.25) is 0 Å². The Morgan fingerprint density at radius 2 is 1.08 bits per heavy atom.